The van der Waals surface area contributed by atoms with E-state index in [0.717, 1.165) is 0 Å². The van der Waals surface area contributed by atoms with Gasteiger partial charge in [-0.2, -0.15) is 0 Å². The summed E-state index contributed by atoms with van der Waals surface area (Å²) in [6.07, 6.45) is 35.3. The molecule has 2 nitrogen and oxygen atoms in total. The van der Waals surface area contributed by atoms with Crippen LogP contribution in [-0.2, 0) is 0 Å². The normalized spacial score (nSPS) is 13.5. The van der Waals surface area contributed by atoms with Gasteiger partial charge in [-0.25, -0.2) is 9.55 Å². The fraction of sp³-hybridized carbons (Fsp3) is 0.903. The lowest BCUT2D eigenvalue weighted by Gasteiger charge is -2.17. The number of nitrogens with one attached hydrogen (secondary N) is 1. The van der Waals surface area contributed by atoms with E-state index in [9.17, 15) is 0 Å². The lowest BCUT2D eigenvalue weighted by atomic mass is 9.93. The summed E-state index contributed by atoms with van der Waals surface area (Å²) < 4.78 is 2.60. The molecule has 1 heterocycles. The van der Waals surface area contributed by atoms with Crippen LogP contribution in [-0.4, -0.2) is 4.98 Å². The second kappa shape index (κ2) is 21.7. The maximum Gasteiger partial charge on any atom is 0.257 e. The fourth-order valence-corrected chi connectivity index (χ4v) is 5.37. The number of rotatable bonds is 24. The highest BCUT2D eigenvalue weighted by atomic mass is 15.1. The fourth-order valence-electron chi connectivity index (χ4n) is 5.37. The second-order valence-electron chi connectivity index (χ2n) is 10.8. The molecule has 0 saturated carbocycles. The third kappa shape index (κ3) is 14.9. The van der Waals surface area contributed by atoms with Gasteiger partial charge in [-0.1, -0.05) is 136 Å². The number of H-pyrrole nitrogens is 1. The van der Waals surface area contributed by atoms with Gasteiger partial charge in [-0.3, -0.25) is 0 Å². The molecule has 2 atom stereocenters. The van der Waals surface area contributed by atoms with Gasteiger partial charge in [-0.05, 0) is 32.6 Å². The monoisotopic (exact) mass is 461 g/mol. The zero-order chi connectivity index (χ0) is 24.0. The first-order chi connectivity index (χ1) is 16.2. The average Bonchev–Trinajstić information content (AvgIpc) is 3.31. The minimum Gasteiger partial charge on any atom is -0.247 e. The molecule has 0 aliphatic rings. The standard InChI is InChI=1S/C31H60N2/c1-5-8-11-13-15-16-18-19-22-24-29(4)33-28-27-32-31(33)30(25-21-10-7-3)26-23-20-17-14-12-9-6-2/h27-30H,5-26H2,1-4H3/p+1. The van der Waals surface area contributed by atoms with Gasteiger partial charge in [0.2, 0.25) is 0 Å². The van der Waals surface area contributed by atoms with Crippen molar-refractivity contribution in [3.63, 3.8) is 0 Å². The highest BCUT2D eigenvalue weighted by Gasteiger charge is 2.25. The van der Waals surface area contributed by atoms with Crippen molar-refractivity contribution in [2.24, 2.45) is 0 Å². The van der Waals surface area contributed by atoms with Gasteiger partial charge in [0, 0.05) is 0 Å². The van der Waals surface area contributed by atoms with Crippen LogP contribution in [0.4, 0.5) is 0 Å². The molecule has 33 heavy (non-hydrogen) atoms. The molecule has 0 spiro atoms. The van der Waals surface area contributed by atoms with Crippen molar-refractivity contribution in [3.8, 4) is 0 Å². The van der Waals surface area contributed by atoms with Gasteiger partial charge < -0.3 is 0 Å². The first-order valence-electron chi connectivity index (χ1n) is 15.3. The summed E-state index contributed by atoms with van der Waals surface area (Å²) in [6.45, 7) is 9.38. The molecule has 2 unspecified atom stereocenters. The minimum atomic E-state index is 0.624. The molecule has 1 aromatic heterocycles. The molecule has 1 aromatic rings. The highest BCUT2D eigenvalue weighted by Crippen LogP contribution is 2.27. The van der Waals surface area contributed by atoms with Gasteiger partial charge in [0.05, 0.1) is 12.0 Å². The molecule has 0 aliphatic carbocycles. The first-order valence-corrected chi connectivity index (χ1v) is 15.3. The Hall–Kier alpha value is -0.790. The van der Waals surface area contributed by atoms with Crippen molar-refractivity contribution in [2.75, 3.05) is 0 Å². The van der Waals surface area contributed by atoms with Crippen LogP contribution in [0.1, 0.15) is 187 Å². The maximum atomic E-state index is 3.68. The maximum absolute atomic E-state index is 3.68. The number of aromatic amines is 1. The van der Waals surface area contributed by atoms with E-state index in [4.69, 9.17) is 0 Å². The number of aromatic nitrogens is 2. The SMILES string of the molecule is CCCCCCCCCCCC(C)[n+]1cc[nH]c1C(CCCCC)CCCCCCCCC. The number of unbranched alkanes of at least 4 members (excludes halogenated alkanes) is 16. The second-order valence-corrected chi connectivity index (χ2v) is 10.8. The average molecular weight is 462 g/mol. The minimum absolute atomic E-state index is 0.624. The van der Waals surface area contributed by atoms with E-state index in [0.29, 0.717) is 12.0 Å². The Bertz CT molecular complexity index is 521. The van der Waals surface area contributed by atoms with E-state index >= 15 is 0 Å². The molecule has 0 radical (unpaired) electrons. The molecular weight excluding hydrogens is 400 g/mol. The van der Waals surface area contributed by atoms with Gasteiger partial charge in [0.1, 0.15) is 12.4 Å². The molecule has 1 rings (SSSR count). The van der Waals surface area contributed by atoms with Crippen LogP contribution in [0.5, 0.6) is 0 Å². The Balaban J connectivity index is 2.41. The lowest BCUT2D eigenvalue weighted by molar-refractivity contribution is -0.727. The number of nitrogens with zero attached hydrogens (tertiary/aromatic N) is 1. The van der Waals surface area contributed by atoms with Crippen LogP contribution in [0.25, 0.3) is 0 Å². The Kier molecular flexibility index (Phi) is 19.9. The van der Waals surface area contributed by atoms with Crippen LogP contribution < -0.4 is 4.57 Å². The van der Waals surface area contributed by atoms with Crippen molar-refractivity contribution in [1.29, 1.82) is 0 Å². The van der Waals surface area contributed by atoms with E-state index < -0.39 is 0 Å². The van der Waals surface area contributed by atoms with Crippen LogP contribution >= 0.6 is 0 Å². The van der Waals surface area contributed by atoms with E-state index in [2.05, 4.69) is 49.6 Å². The molecule has 0 fully saturated rings. The largest absolute Gasteiger partial charge is 0.257 e. The van der Waals surface area contributed by atoms with Crippen LogP contribution in [0.2, 0.25) is 0 Å². The first kappa shape index (κ1) is 30.2. The lowest BCUT2D eigenvalue weighted by Crippen LogP contribution is -2.41. The third-order valence-corrected chi connectivity index (χ3v) is 7.64. The Morgan fingerprint density at radius 3 is 1.48 bits per heavy atom. The summed E-state index contributed by atoms with van der Waals surface area (Å²) in [4.78, 5) is 3.68. The van der Waals surface area contributed by atoms with Crippen LogP contribution in [0, 0.1) is 0 Å². The van der Waals surface area contributed by atoms with Gasteiger partial charge in [-0.15, -0.1) is 0 Å². The molecule has 1 N–H and O–H groups in total. The quantitative estimate of drug-likeness (QED) is 0.117. The number of imidazole rings is 1. The molecule has 0 aliphatic heterocycles. The zero-order valence-electron chi connectivity index (χ0n) is 23.3. The Morgan fingerprint density at radius 1 is 0.576 bits per heavy atom. The number of hydrogen-bond donors (Lipinski definition) is 1. The molecule has 0 aromatic carbocycles. The predicted octanol–water partition coefficient (Wildman–Crippen LogP) is 10.6. The Labute approximate surface area is 208 Å². The summed E-state index contributed by atoms with van der Waals surface area (Å²) in [5.41, 5.74) is 0. The highest BCUT2D eigenvalue weighted by molar-refractivity contribution is 4.90. The zero-order valence-corrected chi connectivity index (χ0v) is 23.3. The summed E-state index contributed by atoms with van der Waals surface area (Å²) in [6, 6.07) is 0.624. The molecule has 0 bridgehead atoms. The van der Waals surface area contributed by atoms with Crippen molar-refractivity contribution in [3.05, 3.63) is 18.2 Å². The van der Waals surface area contributed by atoms with E-state index in [1.54, 1.807) is 0 Å². The van der Waals surface area contributed by atoms with Crippen molar-refractivity contribution in [2.45, 2.75) is 181 Å². The van der Waals surface area contributed by atoms with E-state index in [1.165, 1.54) is 147 Å². The number of hydrogen-bond acceptors (Lipinski definition) is 0. The van der Waals surface area contributed by atoms with Crippen molar-refractivity contribution >= 4 is 0 Å². The van der Waals surface area contributed by atoms with Crippen LogP contribution in [0.15, 0.2) is 12.4 Å². The van der Waals surface area contributed by atoms with E-state index in [-0.39, 0.29) is 0 Å². The van der Waals surface area contributed by atoms with Gasteiger partial charge in [0.25, 0.3) is 5.82 Å². The van der Waals surface area contributed by atoms with Crippen molar-refractivity contribution in [1.82, 2.24) is 4.98 Å². The van der Waals surface area contributed by atoms with E-state index in [1.807, 2.05) is 0 Å². The molecule has 194 valence electrons. The topological polar surface area (TPSA) is 19.7 Å². The summed E-state index contributed by atoms with van der Waals surface area (Å²) in [5.74, 6) is 2.23. The molecule has 2 heteroatoms. The van der Waals surface area contributed by atoms with Gasteiger partial charge in [0.15, 0.2) is 0 Å². The van der Waals surface area contributed by atoms with Crippen LogP contribution in [0.3, 0.4) is 0 Å². The molecular formula is C31H61N2+. The third-order valence-electron chi connectivity index (χ3n) is 7.64. The summed E-state index contributed by atoms with van der Waals surface area (Å²) >= 11 is 0. The smallest absolute Gasteiger partial charge is 0.247 e. The molecule has 0 amide bonds. The molecule has 0 saturated heterocycles. The summed E-state index contributed by atoms with van der Waals surface area (Å²) in [5, 5.41) is 0. The predicted molar refractivity (Wildman–Crippen MR) is 147 cm³/mol. The summed E-state index contributed by atoms with van der Waals surface area (Å²) in [7, 11) is 0. The Morgan fingerprint density at radius 2 is 0.970 bits per heavy atom. The van der Waals surface area contributed by atoms with Crippen molar-refractivity contribution < 1.29 is 4.57 Å². The van der Waals surface area contributed by atoms with Gasteiger partial charge >= 0.3 is 0 Å².